The van der Waals surface area contributed by atoms with Gasteiger partial charge in [-0.1, -0.05) is 0 Å². The van der Waals surface area contributed by atoms with Crippen LogP contribution in [0.15, 0.2) is 16.7 Å². The van der Waals surface area contributed by atoms with E-state index in [1.54, 1.807) is 6.07 Å². The highest BCUT2D eigenvalue weighted by molar-refractivity contribution is 5.93. The summed E-state index contributed by atoms with van der Waals surface area (Å²) in [5, 5.41) is 6.98. The monoisotopic (exact) mass is 160 g/mol. The van der Waals surface area contributed by atoms with Crippen molar-refractivity contribution in [3.8, 4) is 0 Å². The first kappa shape index (κ1) is 9.04. The second-order valence-electron chi connectivity index (χ2n) is 1.85. The van der Waals surface area contributed by atoms with Crippen molar-refractivity contribution < 1.29 is 4.42 Å². The molecule has 3 N–H and O–H groups in total. The summed E-state index contributed by atoms with van der Waals surface area (Å²) in [7, 11) is 0. The lowest BCUT2D eigenvalue weighted by Crippen LogP contribution is -2.10. The zero-order valence-electron chi connectivity index (χ0n) is 5.55. The average molecular weight is 161 g/mol. The van der Waals surface area contributed by atoms with Gasteiger partial charge in [-0.2, -0.15) is 0 Å². The molecule has 0 aromatic carbocycles. The van der Waals surface area contributed by atoms with Crippen molar-refractivity contribution in [1.29, 1.82) is 5.41 Å². The molecule has 0 fully saturated rings. The van der Waals surface area contributed by atoms with Gasteiger partial charge in [0.15, 0.2) is 11.6 Å². The van der Waals surface area contributed by atoms with E-state index >= 15 is 0 Å². The lowest BCUT2D eigenvalue weighted by Gasteiger charge is -1.90. The van der Waals surface area contributed by atoms with Gasteiger partial charge in [-0.25, -0.2) is 0 Å². The molecule has 1 aromatic heterocycles. The highest BCUT2D eigenvalue weighted by Crippen LogP contribution is 2.06. The minimum atomic E-state index is -0.0162. The molecule has 1 heterocycles. The largest absolute Gasteiger partial charge is 0.461 e. The van der Waals surface area contributed by atoms with E-state index in [0.717, 1.165) is 5.56 Å². The zero-order chi connectivity index (χ0) is 6.85. The molecular weight excluding hydrogens is 152 g/mol. The zero-order valence-corrected chi connectivity index (χ0v) is 6.37. The quantitative estimate of drug-likeness (QED) is 0.481. The Hall–Kier alpha value is -0.960. The van der Waals surface area contributed by atoms with Crippen molar-refractivity contribution in [2.24, 2.45) is 5.73 Å². The molecule has 1 aromatic rings. The predicted molar refractivity (Wildman–Crippen MR) is 41.7 cm³/mol. The van der Waals surface area contributed by atoms with Crippen molar-refractivity contribution in [3.05, 3.63) is 23.7 Å². The number of nitrogen functional groups attached to an aromatic ring is 1. The van der Waals surface area contributed by atoms with Gasteiger partial charge in [0.2, 0.25) is 0 Å². The van der Waals surface area contributed by atoms with Crippen LogP contribution in [-0.2, 0) is 0 Å². The van der Waals surface area contributed by atoms with Crippen LogP contribution < -0.4 is 5.73 Å². The highest BCUT2D eigenvalue weighted by atomic mass is 35.5. The summed E-state index contributed by atoms with van der Waals surface area (Å²) in [6.07, 6.45) is 1.52. The Morgan fingerprint density at radius 2 is 2.30 bits per heavy atom. The Labute approximate surface area is 65.1 Å². The number of hydrogen-bond donors (Lipinski definition) is 2. The number of rotatable bonds is 1. The average Bonchev–Trinajstić information content (AvgIpc) is 2.13. The van der Waals surface area contributed by atoms with E-state index in [-0.39, 0.29) is 18.2 Å². The smallest absolute Gasteiger partial charge is 0.170 e. The van der Waals surface area contributed by atoms with Crippen LogP contribution >= 0.6 is 12.4 Å². The van der Waals surface area contributed by atoms with Crippen LogP contribution in [0, 0.1) is 12.3 Å². The van der Waals surface area contributed by atoms with Gasteiger partial charge in [-0.15, -0.1) is 12.4 Å². The van der Waals surface area contributed by atoms with Crippen molar-refractivity contribution in [2.75, 3.05) is 0 Å². The maximum absolute atomic E-state index is 6.98. The maximum Gasteiger partial charge on any atom is 0.170 e. The molecule has 0 saturated carbocycles. The fourth-order valence-electron chi connectivity index (χ4n) is 0.649. The van der Waals surface area contributed by atoms with E-state index in [4.69, 9.17) is 15.6 Å². The van der Waals surface area contributed by atoms with Crippen LogP contribution in [0.1, 0.15) is 11.3 Å². The second kappa shape index (κ2) is 3.27. The van der Waals surface area contributed by atoms with Crippen LogP contribution in [0.2, 0.25) is 0 Å². The first-order valence-corrected chi connectivity index (χ1v) is 2.60. The first-order chi connectivity index (χ1) is 4.22. The van der Waals surface area contributed by atoms with Crippen molar-refractivity contribution in [1.82, 2.24) is 0 Å². The van der Waals surface area contributed by atoms with E-state index in [0.29, 0.717) is 5.76 Å². The molecule has 0 aliphatic rings. The molecule has 0 spiro atoms. The van der Waals surface area contributed by atoms with Crippen molar-refractivity contribution >= 4 is 18.2 Å². The highest BCUT2D eigenvalue weighted by Gasteiger charge is 2.02. The Morgan fingerprint density at radius 1 is 1.70 bits per heavy atom. The van der Waals surface area contributed by atoms with Gasteiger partial charge in [0.1, 0.15) is 0 Å². The number of hydrogen-bond acceptors (Lipinski definition) is 2. The van der Waals surface area contributed by atoms with E-state index < -0.39 is 0 Å². The van der Waals surface area contributed by atoms with Gasteiger partial charge in [0.05, 0.1) is 6.26 Å². The number of amidine groups is 1. The summed E-state index contributed by atoms with van der Waals surface area (Å²) >= 11 is 0. The summed E-state index contributed by atoms with van der Waals surface area (Å²) in [5.41, 5.74) is 6.05. The molecule has 4 heteroatoms. The lowest BCUT2D eigenvalue weighted by atomic mass is 10.3. The molecule has 0 atom stereocenters. The minimum Gasteiger partial charge on any atom is -0.461 e. The van der Waals surface area contributed by atoms with Crippen LogP contribution in [0.4, 0.5) is 0 Å². The summed E-state index contributed by atoms with van der Waals surface area (Å²) in [4.78, 5) is 0. The Morgan fingerprint density at radius 3 is 2.50 bits per heavy atom. The maximum atomic E-state index is 6.98. The minimum absolute atomic E-state index is 0. The fourth-order valence-corrected chi connectivity index (χ4v) is 0.649. The van der Waals surface area contributed by atoms with Gasteiger partial charge < -0.3 is 10.2 Å². The van der Waals surface area contributed by atoms with Crippen LogP contribution in [-0.4, -0.2) is 5.84 Å². The van der Waals surface area contributed by atoms with Crippen LogP contribution in [0.3, 0.4) is 0 Å². The fraction of sp³-hybridized carbons (Fsp3) is 0.167. The third kappa shape index (κ3) is 1.51. The Bertz CT molecular complexity index is 231. The SMILES string of the molecule is Cc1ccoc1C(=N)N.Cl. The van der Waals surface area contributed by atoms with E-state index in [1.165, 1.54) is 6.26 Å². The number of nitrogens with one attached hydrogen (secondary N) is 1. The molecule has 0 amide bonds. The van der Waals surface area contributed by atoms with Crippen LogP contribution in [0.5, 0.6) is 0 Å². The Kier molecular flexibility index (Phi) is 2.96. The number of aryl methyl sites for hydroxylation is 1. The summed E-state index contributed by atoms with van der Waals surface area (Å²) in [6.45, 7) is 1.85. The van der Waals surface area contributed by atoms with Crippen molar-refractivity contribution in [3.63, 3.8) is 0 Å². The molecule has 0 aliphatic carbocycles. The van der Waals surface area contributed by atoms with Gasteiger partial charge in [0.25, 0.3) is 0 Å². The van der Waals surface area contributed by atoms with Gasteiger partial charge >= 0.3 is 0 Å². The van der Waals surface area contributed by atoms with Gasteiger partial charge in [-0.3, -0.25) is 5.41 Å². The molecule has 0 unspecified atom stereocenters. The summed E-state index contributed by atoms with van der Waals surface area (Å²) in [6, 6.07) is 1.77. The molecule has 0 aliphatic heterocycles. The second-order valence-corrected chi connectivity index (χ2v) is 1.85. The van der Waals surface area contributed by atoms with Gasteiger partial charge in [-0.05, 0) is 18.6 Å². The molecule has 10 heavy (non-hydrogen) atoms. The summed E-state index contributed by atoms with van der Waals surface area (Å²) in [5.74, 6) is 0.451. The topological polar surface area (TPSA) is 63.0 Å². The van der Waals surface area contributed by atoms with E-state index in [9.17, 15) is 0 Å². The molecular formula is C6H9ClN2O. The summed E-state index contributed by atoms with van der Waals surface area (Å²) < 4.78 is 4.88. The predicted octanol–water partition coefficient (Wildman–Crippen LogP) is 1.29. The van der Waals surface area contributed by atoms with E-state index in [2.05, 4.69) is 0 Å². The number of nitrogens with two attached hydrogens (primary N) is 1. The number of furan rings is 1. The third-order valence-electron chi connectivity index (χ3n) is 1.11. The standard InChI is InChI=1S/C6H8N2O.ClH/c1-4-2-3-9-5(4)6(7)8;/h2-3H,1H3,(H3,7,8);1H. The normalized spacial score (nSPS) is 8.50. The first-order valence-electron chi connectivity index (χ1n) is 2.60. The lowest BCUT2D eigenvalue weighted by molar-refractivity contribution is 0.554. The molecule has 0 bridgehead atoms. The number of halogens is 1. The van der Waals surface area contributed by atoms with Crippen molar-refractivity contribution in [2.45, 2.75) is 6.92 Å². The molecule has 1 rings (SSSR count). The Balaban J connectivity index is 0.000000810. The molecule has 0 saturated heterocycles. The molecule has 0 radical (unpaired) electrons. The van der Waals surface area contributed by atoms with Crippen LogP contribution in [0.25, 0.3) is 0 Å². The van der Waals surface area contributed by atoms with E-state index in [1.807, 2.05) is 6.92 Å². The van der Waals surface area contributed by atoms with Gasteiger partial charge in [0, 0.05) is 0 Å². The third-order valence-corrected chi connectivity index (χ3v) is 1.11. The molecule has 3 nitrogen and oxygen atoms in total. The molecule has 56 valence electrons.